The molecule has 1 fully saturated rings. The zero-order valence-corrected chi connectivity index (χ0v) is 21.7. The van der Waals surface area contributed by atoms with Gasteiger partial charge in [-0.25, -0.2) is 8.42 Å². The molecule has 12 heteroatoms. The lowest BCUT2D eigenvalue weighted by molar-refractivity contribution is -0.135. The fourth-order valence-corrected chi connectivity index (χ4v) is 5.50. The molecule has 1 heterocycles. The first-order valence-corrected chi connectivity index (χ1v) is 13.2. The molecule has 5 N–H and O–H groups in total. The summed E-state index contributed by atoms with van der Waals surface area (Å²) in [6, 6.07) is 7.27. The summed E-state index contributed by atoms with van der Waals surface area (Å²) in [6.07, 6.45) is 2.18. The summed E-state index contributed by atoms with van der Waals surface area (Å²) in [5.41, 5.74) is 10.8. The third-order valence-electron chi connectivity index (χ3n) is 6.25. The molecule has 0 spiro atoms. The fraction of sp³-hybridized carbons (Fsp3) is 0.500. The molecule has 0 saturated carbocycles. The number of aliphatic imine (C=N–C) groups is 1. The number of sulfonamides is 1. The van der Waals surface area contributed by atoms with E-state index in [1.54, 1.807) is 36.3 Å². The first kappa shape index (κ1) is 27.5. The lowest BCUT2D eigenvalue weighted by atomic mass is 10.1. The average molecular weight is 522 g/mol. The van der Waals surface area contributed by atoms with Crippen molar-refractivity contribution in [3.63, 3.8) is 0 Å². The van der Waals surface area contributed by atoms with E-state index in [0.29, 0.717) is 49.2 Å². The monoisotopic (exact) mass is 521 g/mol. The minimum Gasteiger partial charge on any atom is -0.493 e. The number of nitrogens with zero attached hydrogens (tertiary/aromatic N) is 2. The van der Waals surface area contributed by atoms with Gasteiger partial charge in [0.15, 0.2) is 17.5 Å². The molecule has 1 aliphatic rings. The number of amides is 1. The third kappa shape index (κ3) is 6.77. The van der Waals surface area contributed by atoms with Crippen molar-refractivity contribution >= 4 is 32.7 Å². The van der Waals surface area contributed by atoms with Gasteiger partial charge >= 0.3 is 0 Å². The van der Waals surface area contributed by atoms with Gasteiger partial charge in [-0.15, -0.1) is 0 Å². The molecule has 0 bridgehead atoms. The van der Waals surface area contributed by atoms with Crippen molar-refractivity contribution < 1.29 is 27.4 Å². The molecule has 36 heavy (non-hydrogen) atoms. The second-order valence-electron chi connectivity index (χ2n) is 8.60. The van der Waals surface area contributed by atoms with Gasteiger partial charge in [0.05, 0.1) is 25.2 Å². The third-order valence-corrected chi connectivity index (χ3v) is 7.72. The maximum Gasteiger partial charge on any atom is 0.241 e. The number of methoxy groups -OCH3 is 3. The second kappa shape index (κ2) is 12.2. The first-order valence-electron chi connectivity index (χ1n) is 11.7. The second-order valence-corrected chi connectivity index (χ2v) is 10.3. The summed E-state index contributed by atoms with van der Waals surface area (Å²) in [7, 11) is 0.682. The Morgan fingerprint density at radius 3 is 2.31 bits per heavy atom. The molecule has 1 aliphatic heterocycles. The Hall–Kier alpha value is -3.09. The number of piperidine rings is 1. The number of guanidine groups is 1. The molecule has 1 saturated heterocycles. The van der Waals surface area contributed by atoms with Gasteiger partial charge in [-0.2, -0.15) is 4.72 Å². The van der Waals surface area contributed by atoms with Crippen molar-refractivity contribution in [1.82, 2.24) is 9.62 Å². The topological polar surface area (TPSA) is 159 Å². The molecular weight excluding hydrogens is 486 g/mol. The predicted molar refractivity (Wildman–Crippen MR) is 138 cm³/mol. The SMILES string of the molecule is COc1cc2ccc(S(=O)(=O)N[C@@H](CCCN=C(N)N)C(=O)N3CCC(OC)CC3)cc2cc1OC. The van der Waals surface area contributed by atoms with E-state index in [0.717, 1.165) is 5.39 Å². The summed E-state index contributed by atoms with van der Waals surface area (Å²) in [6.45, 7) is 1.29. The van der Waals surface area contributed by atoms with Gasteiger partial charge in [0, 0.05) is 26.7 Å². The van der Waals surface area contributed by atoms with Crippen LogP contribution in [0.1, 0.15) is 25.7 Å². The Morgan fingerprint density at radius 2 is 1.72 bits per heavy atom. The van der Waals surface area contributed by atoms with Crippen LogP contribution in [0, 0.1) is 0 Å². The van der Waals surface area contributed by atoms with Gasteiger partial charge in [0.1, 0.15) is 6.04 Å². The van der Waals surface area contributed by atoms with Crippen LogP contribution in [-0.4, -0.2) is 78.3 Å². The van der Waals surface area contributed by atoms with Crippen molar-refractivity contribution in [1.29, 1.82) is 0 Å². The Labute approximate surface area is 211 Å². The number of nitrogens with one attached hydrogen (secondary N) is 1. The van der Waals surface area contributed by atoms with Crippen molar-refractivity contribution in [2.24, 2.45) is 16.5 Å². The Bertz CT molecular complexity index is 1190. The molecule has 1 amide bonds. The molecule has 198 valence electrons. The summed E-state index contributed by atoms with van der Waals surface area (Å²) in [4.78, 5) is 19.0. The van der Waals surface area contributed by atoms with Crippen LogP contribution in [0.25, 0.3) is 10.8 Å². The summed E-state index contributed by atoms with van der Waals surface area (Å²) in [5.74, 6) is 0.704. The van der Waals surface area contributed by atoms with Crippen molar-refractivity contribution in [3.8, 4) is 11.5 Å². The van der Waals surface area contributed by atoms with Crippen LogP contribution < -0.4 is 25.7 Å². The number of fused-ring (bicyclic) bond motifs is 1. The number of ether oxygens (including phenoxy) is 3. The number of carbonyl (C=O) groups excluding carboxylic acids is 1. The summed E-state index contributed by atoms with van der Waals surface area (Å²) >= 11 is 0. The quantitative estimate of drug-likeness (QED) is 0.226. The normalized spacial score (nSPS) is 15.5. The van der Waals surface area contributed by atoms with Gasteiger partial charge in [0.25, 0.3) is 0 Å². The van der Waals surface area contributed by atoms with Gasteiger partial charge < -0.3 is 30.6 Å². The summed E-state index contributed by atoms with van der Waals surface area (Å²) < 4.78 is 45.4. The number of benzene rings is 2. The molecule has 0 aromatic heterocycles. The van der Waals surface area contributed by atoms with Crippen LogP contribution in [0.5, 0.6) is 11.5 Å². The average Bonchev–Trinajstić information content (AvgIpc) is 2.88. The zero-order valence-electron chi connectivity index (χ0n) is 20.9. The maximum absolute atomic E-state index is 13.4. The van der Waals surface area contributed by atoms with E-state index >= 15 is 0 Å². The molecular formula is C24H35N5O6S. The number of hydrogen-bond donors (Lipinski definition) is 3. The number of rotatable bonds is 11. The Kier molecular flexibility index (Phi) is 9.35. The minimum atomic E-state index is -4.02. The highest BCUT2D eigenvalue weighted by Gasteiger charge is 2.31. The molecule has 11 nitrogen and oxygen atoms in total. The number of carbonyl (C=O) groups is 1. The summed E-state index contributed by atoms with van der Waals surface area (Å²) in [5, 5.41) is 1.45. The number of likely N-dealkylation sites (tertiary alicyclic amines) is 1. The van der Waals surface area contributed by atoms with Gasteiger partial charge in [-0.1, -0.05) is 6.07 Å². The minimum absolute atomic E-state index is 0.0438. The van der Waals surface area contributed by atoms with Crippen LogP contribution >= 0.6 is 0 Å². The largest absolute Gasteiger partial charge is 0.493 e. The molecule has 2 aromatic carbocycles. The van der Waals surface area contributed by atoms with Crippen molar-refractivity contribution in [2.75, 3.05) is 41.0 Å². The highest BCUT2D eigenvalue weighted by molar-refractivity contribution is 7.89. The van der Waals surface area contributed by atoms with Gasteiger partial charge in [0.2, 0.25) is 15.9 Å². The van der Waals surface area contributed by atoms with E-state index in [-0.39, 0.29) is 35.8 Å². The fourth-order valence-electron chi connectivity index (χ4n) is 4.24. The molecule has 2 aromatic rings. The molecule has 0 aliphatic carbocycles. The number of nitrogens with two attached hydrogens (primary N) is 2. The Morgan fingerprint density at radius 1 is 1.08 bits per heavy atom. The standard InChI is InChI=1S/C24H35N5O6S/c1-33-18-8-11-29(12-9-18)23(30)20(5-4-10-27-24(25)26)28-36(31,32)19-7-6-16-14-21(34-2)22(35-3)15-17(16)13-19/h6-7,13-15,18,20,28H,4-5,8-12H2,1-3H3,(H4,25,26,27)/t20-/m0/s1. The van der Waals surface area contributed by atoms with Crippen molar-refractivity contribution in [3.05, 3.63) is 30.3 Å². The molecule has 3 rings (SSSR count). The van der Waals surface area contributed by atoms with E-state index in [1.165, 1.54) is 20.3 Å². The highest BCUT2D eigenvalue weighted by atomic mass is 32.2. The first-order chi connectivity index (χ1) is 17.2. The van der Waals surface area contributed by atoms with Crippen LogP contribution in [0.3, 0.4) is 0 Å². The smallest absolute Gasteiger partial charge is 0.241 e. The zero-order chi connectivity index (χ0) is 26.3. The van der Waals surface area contributed by atoms with Crippen LogP contribution in [0.4, 0.5) is 0 Å². The van der Waals surface area contributed by atoms with Crippen LogP contribution in [0.2, 0.25) is 0 Å². The van der Waals surface area contributed by atoms with E-state index in [2.05, 4.69) is 9.71 Å². The molecule has 0 unspecified atom stereocenters. The van der Waals surface area contributed by atoms with E-state index in [1.807, 2.05) is 0 Å². The molecule has 1 atom stereocenters. The van der Waals surface area contributed by atoms with Crippen LogP contribution in [-0.2, 0) is 19.6 Å². The van der Waals surface area contributed by atoms with Gasteiger partial charge in [-0.3, -0.25) is 9.79 Å². The highest BCUT2D eigenvalue weighted by Crippen LogP contribution is 2.33. The van der Waals surface area contributed by atoms with Gasteiger partial charge in [-0.05, 0) is 60.7 Å². The maximum atomic E-state index is 13.4. The lowest BCUT2D eigenvalue weighted by Crippen LogP contribution is -2.51. The van der Waals surface area contributed by atoms with Crippen molar-refractivity contribution in [2.45, 2.75) is 42.7 Å². The predicted octanol–water partition coefficient (Wildman–Crippen LogP) is 1.19. The Balaban J connectivity index is 1.84. The molecule has 0 radical (unpaired) electrons. The van der Waals surface area contributed by atoms with E-state index < -0.39 is 16.1 Å². The van der Waals surface area contributed by atoms with Crippen LogP contribution in [0.15, 0.2) is 40.2 Å². The van der Waals surface area contributed by atoms with E-state index in [9.17, 15) is 13.2 Å². The lowest BCUT2D eigenvalue weighted by Gasteiger charge is -2.33. The van der Waals surface area contributed by atoms with E-state index in [4.69, 9.17) is 25.7 Å². The number of hydrogen-bond acceptors (Lipinski definition) is 7.